The molecule has 4 heteroatoms. The van der Waals surface area contributed by atoms with Crippen molar-refractivity contribution in [1.29, 1.82) is 0 Å². The van der Waals surface area contributed by atoms with E-state index in [0.717, 1.165) is 63.7 Å². The number of carbonyl (C=O) groups is 1. The van der Waals surface area contributed by atoms with Gasteiger partial charge in [0.2, 0.25) is 0 Å². The maximum atomic E-state index is 13.4. The molecule has 1 aromatic carbocycles. The molecule has 4 bridgehead atoms. The zero-order valence-electron chi connectivity index (χ0n) is 13.0. The Morgan fingerprint density at radius 1 is 1.04 bits per heavy atom. The first-order valence-electron chi connectivity index (χ1n) is 8.71. The monoisotopic (exact) mass is 438 g/mol. The number of hydrogen-bond donors (Lipinski definition) is 0. The quantitative estimate of drug-likeness (QED) is 0.624. The Labute approximate surface area is 153 Å². The van der Waals surface area contributed by atoms with Crippen molar-refractivity contribution < 1.29 is 9.53 Å². The average Bonchev–Trinajstić information content (AvgIpc) is 2.89. The molecular weight excluding hydrogens is 420 g/mol. The molecular formula is C19H20Br2O2. The fourth-order valence-corrected chi connectivity index (χ4v) is 7.59. The molecule has 0 spiro atoms. The molecule has 5 aliphatic rings. The van der Waals surface area contributed by atoms with Crippen molar-refractivity contribution in [3.05, 3.63) is 26.6 Å². The Balaban J connectivity index is 1.43. The fourth-order valence-electron chi connectivity index (χ4n) is 6.18. The topological polar surface area (TPSA) is 26.3 Å². The number of carbonyl (C=O) groups excluding carboxylic acids is 1. The molecule has 4 saturated carbocycles. The fraction of sp³-hybridized carbons (Fsp3) is 0.632. The molecule has 0 N–H and O–H groups in total. The maximum Gasteiger partial charge on any atom is 0.179 e. The number of halogens is 2. The van der Waals surface area contributed by atoms with Gasteiger partial charge < -0.3 is 4.74 Å². The highest BCUT2D eigenvalue weighted by Crippen LogP contribution is 2.61. The smallest absolute Gasteiger partial charge is 0.179 e. The molecule has 122 valence electrons. The largest absolute Gasteiger partial charge is 0.481 e. The number of hydrogen-bond acceptors (Lipinski definition) is 2. The van der Waals surface area contributed by atoms with Gasteiger partial charge in [0, 0.05) is 21.9 Å². The van der Waals surface area contributed by atoms with E-state index in [1.807, 2.05) is 6.07 Å². The number of rotatable bonds is 2. The van der Waals surface area contributed by atoms with Crippen LogP contribution in [0.15, 0.2) is 21.1 Å². The number of ketones is 1. The molecule has 4 fully saturated rings. The SMILES string of the molecule is O=C(C1Cc2cc(Br)cc(Br)c2O1)C12CC3CC(CC(C3)C1)C2. The number of Topliss-reactive ketones (excluding diaryl/α,β-unsaturated/α-hetero) is 1. The molecule has 2 nitrogen and oxygen atoms in total. The summed E-state index contributed by atoms with van der Waals surface area (Å²) in [7, 11) is 0. The van der Waals surface area contributed by atoms with Crippen molar-refractivity contribution in [3.63, 3.8) is 0 Å². The summed E-state index contributed by atoms with van der Waals surface area (Å²) in [5.41, 5.74) is 1.08. The first kappa shape index (κ1) is 14.9. The molecule has 1 aromatic rings. The second-order valence-corrected chi connectivity index (χ2v) is 10.0. The lowest BCUT2D eigenvalue weighted by molar-refractivity contribution is -0.150. The summed E-state index contributed by atoms with van der Waals surface area (Å²) in [6.45, 7) is 0. The van der Waals surface area contributed by atoms with Gasteiger partial charge in [0.25, 0.3) is 0 Å². The highest BCUT2D eigenvalue weighted by atomic mass is 79.9. The summed E-state index contributed by atoms with van der Waals surface area (Å²) in [4.78, 5) is 13.4. The third kappa shape index (κ3) is 2.27. The van der Waals surface area contributed by atoms with Crippen LogP contribution in [0.4, 0.5) is 0 Å². The van der Waals surface area contributed by atoms with Gasteiger partial charge in [0.1, 0.15) is 5.75 Å². The summed E-state index contributed by atoms with van der Waals surface area (Å²) in [6.07, 6.45) is 7.95. The summed E-state index contributed by atoms with van der Waals surface area (Å²) >= 11 is 7.11. The molecule has 6 rings (SSSR count). The van der Waals surface area contributed by atoms with Crippen LogP contribution in [0, 0.1) is 23.2 Å². The summed E-state index contributed by atoms with van der Waals surface area (Å²) in [5, 5.41) is 0. The molecule has 0 amide bonds. The van der Waals surface area contributed by atoms with E-state index >= 15 is 0 Å². The van der Waals surface area contributed by atoms with Gasteiger partial charge in [-0.05, 0) is 84.3 Å². The second-order valence-electron chi connectivity index (χ2n) is 8.25. The van der Waals surface area contributed by atoms with Gasteiger partial charge in [-0.2, -0.15) is 0 Å². The van der Waals surface area contributed by atoms with Gasteiger partial charge in [-0.15, -0.1) is 0 Å². The molecule has 0 saturated heterocycles. The summed E-state index contributed by atoms with van der Waals surface area (Å²) in [5.74, 6) is 3.67. The lowest BCUT2D eigenvalue weighted by atomic mass is 9.48. The van der Waals surface area contributed by atoms with E-state index in [1.165, 1.54) is 19.3 Å². The van der Waals surface area contributed by atoms with Gasteiger partial charge in [0.15, 0.2) is 11.9 Å². The molecule has 0 radical (unpaired) electrons. The van der Waals surface area contributed by atoms with E-state index in [2.05, 4.69) is 37.9 Å². The van der Waals surface area contributed by atoms with Crippen LogP contribution >= 0.6 is 31.9 Å². The van der Waals surface area contributed by atoms with Gasteiger partial charge in [-0.3, -0.25) is 4.79 Å². The zero-order valence-corrected chi connectivity index (χ0v) is 16.2. The van der Waals surface area contributed by atoms with Crippen LogP contribution in [0.5, 0.6) is 5.75 Å². The molecule has 4 aliphatic carbocycles. The van der Waals surface area contributed by atoms with Crippen LogP contribution in [-0.4, -0.2) is 11.9 Å². The highest BCUT2D eigenvalue weighted by Gasteiger charge is 2.56. The minimum Gasteiger partial charge on any atom is -0.481 e. The first-order valence-corrected chi connectivity index (χ1v) is 10.3. The van der Waals surface area contributed by atoms with Crippen molar-refractivity contribution in [2.24, 2.45) is 23.2 Å². The van der Waals surface area contributed by atoms with E-state index in [0.29, 0.717) is 5.78 Å². The number of fused-ring (bicyclic) bond motifs is 1. The molecule has 23 heavy (non-hydrogen) atoms. The predicted octanol–water partition coefficient (Wildman–Crippen LogP) is 5.30. The third-order valence-corrected chi connectivity index (χ3v) is 7.65. The van der Waals surface area contributed by atoms with Crippen LogP contribution < -0.4 is 4.74 Å². The Hall–Kier alpha value is -0.350. The average molecular weight is 440 g/mol. The number of ether oxygens (including phenoxy) is 1. The Kier molecular flexibility index (Phi) is 3.30. The Morgan fingerprint density at radius 2 is 1.65 bits per heavy atom. The summed E-state index contributed by atoms with van der Waals surface area (Å²) < 4.78 is 8.11. The minimum absolute atomic E-state index is 0.0643. The Morgan fingerprint density at radius 3 is 2.26 bits per heavy atom. The van der Waals surface area contributed by atoms with Crippen LogP contribution in [0.1, 0.15) is 44.1 Å². The van der Waals surface area contributed by atoms with Gasteiger partial charge in [0.05, 0.1) is 4.47 Å². The lowest BCUT2D eigenvalue weighted by Gasteiger charge is -2.56. The third-order valence-electron chi connectivity index (χ3n) is 6.60. The van der Waals surface area contributed by atoms with Crippen LogP contribution in [0.3, 0.4) is 0 Å². The zero-order chi connectivity index (χ0) is 15.8. The maximum absolute atomic E-state index is 13.4. The summed E-state index contributed by atoms with van der Waals surface area (Å²) in [6, 6.07) is 4.09. The van der Waals surface area contributed by atoms with Crippen LogP contribution in [0.25, 0.3) is 0 Å². The van der Waals surface area contributed by atoms with Gasteiger partial charge in [-0.1, -0.05) is 15.9 Å². The van der Waals surface area contributed by atoms with Crippen molar-refractivity contribution in [1.82, 2.24) is 0 Å². The van der Waals surface area contributed by atoms with E-state index in [1.54, 1.807) is 0 Å². The molecule has 1 heterocycles. The van der Waals surface area contributed by atoms with Crippen LogP contribution in [-0.2, 0) is 11.2 Å². The highest BCUT2D eigenvalue weighted by molar-refractivity contribution is 9.11. The lowest BCUT2D eigenvalue weighted by Crippen LogP contribution is -2.53. The van der Waals surface area contributed by atoms with E-state index in [-0.39, 0.29) is 11.5 Å². The van der Waals surface area contributed by atoms with Crippen molar-refractivity contribution in [2.75, 3.05) is 0 Å². The van der Waals surface area contributed by atoms with E-state index in [9.17, 15) is 4.79 Å². The van der Waals surface area contributed by atoms with Gasteiger partial charge in [-0.25, -0.2) is 0 Å². The van der Waals surface area contributed by atoms with Crippen LogP contribution in [0.2, 0.25) is 0 Å². The van der Waals surface area contributed by atoms with Gasteiger partial charge >= 0.3 is 0 Å². The molecule has 1 atom stereocenters. The molecule has 1 aliphatic heterocycles. The normalized spacial score (nSPS) is 40.1. The second kappa shape index (κ2) is 5.08. The predicted molar refractivity (Wildman–Crippen MR) is 95.6 cm³/mol. The molecule has 1 unspecified atom stereocenters. The van der Waals surface area contributed by atoms with Crippen molar-refractivity contribution >= 4 is 37.6 Å². The minimum atomic E-state index is -0.271. The first-order chi connectivity index (χ1) is 11.0. The number of benzene rings is 1. The molecule has 0 aromatic heterocycles. The van der Waals surface area contributed by atoms with E-state index in [4.69, 9.17) is 4.74 Å². The van der Waals surface area contributed by atoms with Crippen molar-refractivity contribution in [3.8, 4) is 5.75 Å². The van der Waals surface area contributed by atoms with Crippen molar-refractivity contribution in [2.45, 2.75) is 51.0 Å². The van der Waals surface area contributed by atoms with E-state index < -0.39 is 0 Å². The standard InChI is InChI=1S/C19H20Br2O2/c20-14-4-13-5-16(23-17(13)15(21)6-14)18(22)19-7-10-1-11(8-19)3-12(2-10)9-19/h4,6,10-12,16H,1-3,5,7-9H2. The Bertz CT molecular complexity index is 662.